The van der Waals surface area contributed by atoms with E-state index in [0.717, 1.165) is 6.07 Å². The van der Waals surface area contributed by atoms with Crippen molar-refractivity contribution in [1.82, 2.24) is 5.32 Å². The minimum atomic E-state index is -4.02. The van der Waals surface area contributed by atoms with Gasteiger partial charge in [-0.25, -0.2) is 12.8 Å². The van der Waals surface area contributed by atoms with Gasteiger partial charge >= 0.3 is 0 Å². The number of nitrogens with one attached hydrogen (secondary N) is 2. The van der Waals surface area contributed by atoms with Gasteiger partial charge in [0, 0.05) is 12.1 Å². The standard InChI is InChI=1S/C17H17FN2O3S/c1-3-10-19-17(21)14-11-13(9-8-12(14)2)24(22,23)20-16-7-5-4-6-15(16)18/h3-9,11,20H,1,10H2,2H3,(H,19,21). The van der Waals surface area contributed by atoms with Crippen molar-refractivity contribution in [2.24, 2.45) is 0 Å². The maximum atomic E-state index is 13.6. The molecule has 0 radical (unpaired) electrons. The van der Waals surface area contributed by atoms with Crippen LogP contribution in [0.1, 0.15) is 15.9 Å². The summed E-state index contributed by atoms with van der Waals surface area (Å²) in [6, 6.07) is 9.60. The van der Waals surface area contributed by atoms with E-state index < -0.39 is 21.7 Å². The third-order valence-corrected chi connectivity index (χ3v) is 4.65. The van der Waals surface area contributed by atoms with Crippen LogP contribution >= 0.6 is 0 Å². The number of amides is 1. The van der Waals surface area contributed by atoms with Crippen molar-refractivity contribution < 1.29 is 17.6 Å². The molecule has 0 saturated carbocycles. The smallest absolute Gasteiger partial charge is 0.262 e. The third kappa shape index (κ3) is 3.99. The van der Waals surface area contributed by atoms with Crippen molar-refractivity contribution in [1.29, 1.82) is 0 Å². The summed E-state index contributed by atoms with van der Waals surface area (Å²) >= 11 is 0. The summed E-state index contributed by atoms with van der Waals surface area (Å²) in [7, 11) is -4.02. The summed E-state index contributed by atoms with van der Waals surface area (Å²) in [4.78, 5) is 12.0. The van der Waals surface area contributed by atoms with E-state index in [1.807, 2.05) is 0 Å². The first-order valence-corrected chi connectivity index (χ1v) is 8.60. The zero-order valence-electron chi connectivity index (χ0n) is 13.0. The van der Waals surface area contributed by atoms with Gasteiger partial charge in [-0.1, -0.05) is 24.3 Å². The topological polar surface area (TPSA) is 75.3 Å². The lowest BCUT2D eigenvalue weighted by atomic mass is 10.1. The van der Waals surface area contributed by atoms with Crippen LogP contribution in [0.15, 0.2) is 60.0 Å². The molecule has 0 atom stereocenters. The van der Waals surface area contributed by atoms with Crippen LogP contribution in [0.25, 0.3) is 0 Å². The number of rotatable bonds is 6. The molecule has 24 heavy (non-hydrogen) atoms. The van der Waals surface area contributed by atoms with E-state index in [1.165, 1.54) is 42.5 Å². The Bertz CT molecular complexity index is 879. The van der Waals surface area contributed by atoms with Crippen LogP contribution in [-0.2, 0) is 10.0 Å². The van der Waals surface area contributed by atoms with Crippen LogP contribution in [0.2, 0.25) is 0 Å². The van der Waals surface area contributed by atoms with Crippen LogP contribution in [0, 0.1) is 12.7 Å². The molecular formula is C17H17FN2O3S. The van der Waals surface area contributed by atoms with Gasteiger partial charge in [0.25, 0.3) is 15.9 Å². The molecule has 2 N–H and O–H groups in total. The Morgan fingerprint density at radius 2 is 1.96 bits per heavy atom. The Balaban J connectivity index is 2.35. The van der Waals surface area contributed by atoms with E-state index in [4.69, 9.17) is 0 Å². The van der Waals surface area contributed by atoms with Gasteiger partial charge in [0.2, 0.25) is 0 Å². The third-order valence-electron chi connectivity index (χ3n) is 3.29. The number of halogens is 1. The van der Waals surface area contributed by atoms with Gasteiger partial charge in [-0.15, -0.1) is 6.58 Å². The van der Waals surface area contributed by atoms with Crippen molar-refractivity contribution in [2.75, 3.05) is 11.3 Å². The van der Waals surface area contributed by atoms with E-state index in [2.05, 4.69) is 16.6 Å². The first kappa shape index (κ1) is 17.7. The molecule has 0 aliphatic carbocycles. The fourth-order valence-electron chi connectivity index (χ4n) is 2.02. The number of anilines is 1. The molecule has 126 valence electrons. The number of sulfonamides is 1. The Morgan fingerprint density at radius 1 is 1.25 bits per heavy atom. The Morgan fingerprint density at radius 3 is 2.62 bits per heavy atom. The Hall–Kier alpha value is -2.67. The minimum absolute atomic E-state index is 0.125. The molecule has 2 aromatic carbocycles. The normalized spacial score (nSPS) is 10.9. The first-order valence-electron chi connectivity index (χ1n) is 7.12. The highest BCUT2D eigenvalue weighted by atomic mass is 32.2. The molecule has 0 aliphatic heterocycles. The zero-order chi connectivity index (χ0) is 17.7. The van der Waals surface area contributed by atoms with Crippen LogP contribution in [0.3, 0.4) is 0 Å². The van der Waals surface area contributed by atoms with Crippen LogP contribution in [0.5, 0.6) is 0 Å². The van der Waals surface area contributed by atoms with E-state index >= 15 is 0 Å². The molecule has 0 unspecified atom stereocenters. The van der Waals surface area contributed by atoms with E-state index in [-0.39, 0.29) is 22.7 Å². The number of hydrogen-bond donors (Lipinski definition) is 2. The summed E-state index contributed by atoms with van der Waals surface area (Å²) in [6.45, 7) is 5.47. The number of para-hydroxylation sites is 1. The monoisotopic (exact) mass is 348 g/mol. The van der Waals surface area contributed by atoms with E-state index in [0.29, 0.717) is 5.56 Å². The number of hydrogen-bond acceptors (Lipinski definition) is 3. The second kappa shape index (κ2) is 7.27. The molecule has 0 aliphatic rings. The average molecular weight is 348 g/mol. The average Bonchev–Trinajstić information content (AvgIpc) is 2.54. The summed E-state index contributed by atoms with van der Waals surface area (Å²) < 4.78 is 40.7. The quantitative estimate of drug-likeness (QED) is 0.788. The van der Waals surface area contributed by atoms with Crippen molar-refractivity contribution in [2.45, 2.75) is 11.8 Å². The van der Waals surface area contributed by atoms with Gasteiger partial charge < -0.3 is 5.32 Å². The predicted octanol–water partition coefficient (Wildman–Crippen LogP) is 2.85. The van der Waals surface area contributed by atoms with Gasteiger partial charge in [0.15, 0.2) is 0 Å². The van der Waals surface area contributed by atoms with Crippen LogP contribution in [0.4, 0.5) is 10.1 Å². The molecule has 0 aromatic heterocycles. The number of carbonyl (C=O) groups excluding carboxylic acids is 1. The van der Waals surface area contributed by atoms with Gasteiger partial charge in [-0.2, -0.15) is 0 Å². The SMILES string of the molecule is C=CCNC(=O)c1cc(S(=O)(=O)Nc2ccccc2F)ccc1C. The highest BCUT2D eigenvalue weighted by Crippen LogP contribution is 2.21. The van der Waals surface area contributed by atoms with E-state index in [1.54, 1.807) is 6.92 Å². The highest BCUT2D eigenvalue weighted by Gasteiger charge is 2.19. The van der Waals surface area contributed by atoms with Crippen LogP contribution < -0.4 is 10.0 Å². The summed E-state index contributed by atoms with van der Waals surface area (Å²) in [5, 5.41) is 2.59. The maximum Gasteiger partial charge on any atom is 0.262 e. The Labute approximate surface area is 140 Å². The molecule has 0 bridgehead atoms. The van der Waals surface area contributed by atoms with Gasteiger partial charge in [-0.05, 0) is 36.8 Å². The van der Waals surface area contributed by atoms with Crippen molar-refractivity contribution in [3.05, 3.63) is 72.1 Å². The molecule has 0 heterocycles. The number of aryl methyl sites for hydroxylation is 1. The van der Waals surface area contributed by atoms with Crippen LogP contribution in [-0.4, -0.2) is 20.9 Å². The molecular weight excluding hydrogens is 331 g/mol. The zero-order valence-corrected chi connectivity index (χ0v) is 13.9. The summed E-state index contributed by atoms with van der Waals surface area (Å²) in [5.74, 6) is -1.09. The molecule has 5 nitrogen and oxygen atoms in total. The largest absolute Gasteiger partial charge is 0.349 e. The lowest BCUT2D eigenvalue weighted by Crippen LogP contribution is -2.24. The van der Waals surface area contributed by atoms with E-state index in [9.17, 15) is 17.6 Å². The number of carbonyl (C=O) groups is 1. The number of benzene rings is 2. The lowest BCUT2D eigenvalue weighted by Gasteiger charge is -2.11. The minimum Gasteiger partial charge on any atom is -0.349 e. The molecule has 0 fully saturated rings. The van der Waals surface area contributed by atoms with Gasteiger partial charge in [0.1, 0.15) is 5.82 Å². The molecule has 0 saturated heterocycles. The van der Waals surface area contributed by atoms with Gasteiger partial charge in [0.05, 0.1) is 10.6 Å². The van der Waals surface area contributed by atoms with Crippen molar-refractivity contribution in [3.63, 3.8) is 0 Å². The molecule has 1 amide bonds. The summed E-state index contributed by atoms with van der Waals surface area (Å²) in [6.07, 6.45) is 1.52. The lowest BCUT2D eigenvalue weighted by molar-refractivity contribution is 0.0957. The van der Waals surface area contributed by atoms with Crippen molar-refractivity contribution in [3.8, 4) is 0 Å². The van der Waals surface area contributed by atoms with Gasteiger partial charge in [-0.3, -0.25) is 9.52 Å². The Kier molecular flexibility index (Phi) is 5.35. The second-order valence-corrected chi connectivity index (χ2v) is 6.74. The predicted molar refractivity (Wildman–Crippen MR) is 90.9 cm³/mol. The maximum absolute atomic E-state index is 13.6. The first-order chi connectivity index (χ1) is 11.3. The van der Waals surface area contributed by atoms with Crippen molar-refractivity contribution >= 4 is 21.6 Å². The molecule has 2 rings (SSSR count). The second-order valence-electron chi connectivity index (χ2n) is 5.06. The summed E-state index contributed by atoms with van der Waals surface area (Å²) in [5.41, 5.74) is 0.699. The molecule has 2 aromatic rings. The highest BCUT2D eigenvalue weighted by molar-refractivity contribution is 7.92. The molecule has 7 heteroatoms. The molecule has 0 spiro atoms. The fourth-order valence-corrected chi connectivity index (χ4v) is 3.11. The fraction of sp³-hybridized carbons (Fsp3) is 0.118.